The van der Waals surface area contributed by atoms with E-state index in [2.05, 4.69) is 11.4 Å². The summed E-state index contributed by atoms with van der Waals surface area (Å²) in [5.74, 6) is 0.193. The standard InChI is InChI=1S/C6H11N3/c7-2-5-1-6(3-8)9-4-5/h5-6,9H,1,3-4,8H2/t5-,6+/m0/s1. The van der Waals surface area contributed by atoms with Gasteiger partial charge in [0.1, 0.15) is 0 Å². The normalized spacial score (nSPS) is 34.2. The van der Waals surface area contributed by atoms with Crippen LogP contribution in [0.25, 0.3) is 0 Å². The highest BCUT2D eigenvalue weighted by atomic mass is 15.0. The third kappa shape index (κ3) is 1.41. The first-order valence-electron chi connectivity index (χ1n) is 3.20. The Hall–Kier alpha value is -0.590. The lowest BCUT2D eigenvalue weighted by Crippen LogP contribution is -2.29. The van der Waals surface area contributed by atoms with Gasteiger partial charge in [-0.15, -0.1) is 0 Å². The van der Waals surface area contributed by atoms with E-state index in [1.54, 1.807) is 0 Å². The van der Waals surface area contributed by atoms with Crippen LogP contribution in [0.4, 0.5) is 0 Å². The van der Waals surface area contributed by atoms with Crippen LogP contribution in [0, 0.1) is 17.2 Å². The van der Waals surface area contributed by atoms with E-state index in [9.17, 15) is 0 Å². The Morgan fingerprint density at radius 3 is 2.89 bits per heavy atom. The van der Waals surface area contributed by atoms with Gasteiger partial charge in [-0.25, -0.2) is 0 Å². The molecule has 3 nitrogen and oxygen atoms in total. The molecule has 2 atom stereocenters. The van der Waals surface area contributed by atoms with E-state index in [1.807, 2.05) is 0 Å². The first-order chi connectivity index (χ1) is 4.36. The minimum atomic E-state index is 0.193. The molecule has 0 aromatic rings. The summed E-state index contributed by atoms with van der Waals surface area (Å²) in [6.07, 6.45) is 0.924. The molecule has 0 bridgehead atoms. The van der Waals surface area contributed by atoms with Gasteiger partial charge in [-0.1, -0.05) is 0 Å². The van der Waals surface area contributed by atoms with Crippen molar-refractivity contribution in [2.75, 3.05) is 13.1 Å². The van der Waals surface area contributed by atoms with E-state index in [0.29, 0.717) is 12.6 Å². The molecule has 0 aliphatic carbocycles. The first kappa shape index (κ1) is 6.53. The maximum absolute atomic E-state index is 8.45. The van der Waals surface area contributed by atoms with E-state index in [4.69, 9.17) is 11.0 Å². The van der Waals surface area contributed by atoms with Crippen molar-refractivity contribution in [3.8, 4) is 6.07 Å². The van der Waals surface area contributed by atoms with Gasteiger partial charge >= 0.3 is 0 Å². The van der Waals surface area contributed by atoms with E-state index in [0.717, 1.165) is 13.0 Å². The fourth-order valence-electron chi connectivity index (χ4n) is 1.10. The summed E-state index contributed by atoms with van der Waals surface area (Å²) in [5, 5.41) is 11.6. The average molecular weight is 125 g/mol. The third-order valence-electron chi connectivity index (χ3n) is 1.69. The summed E-state index contributed by atoms with van der Waals surface area (Å²) in [5.41, 5.74) is 5.38. The van der Waals surface area contributed by atoms with Gasteiger partial charge < -0.3 is 11.1 Å². The molecule has 0 aromatic heterocycles. The van der Waals surface area contributed by atoms with Crippen molar-refractivity contribution in [3.05, 3.63) is 0 Å². The SMILES string of the molecule is N#C[C@H]1CN[C@@H](CN)C1. The van der Waals surface area contributed by atoms with E-state index in [1.165, 1.54) is 0 Å². The minimum Gasteiger partial charge on any atom is -0.329 e. The number of hydrogen-bond acceptors (Lipinski definition) is 3. The molecule has 1 saturated heterocycles. The molecule has 3 N–H and O–H groups in total. The molecule has 0 amide bonds. The average Bonchev–Trinajstić information content (AvgIpc) is 2.34. The number of nitrogens with one attached hydrogen (secondary N) is 1. The van der Waals surface area contributed by atoms with Gasteiger partial charge in [0.25, 0.3) is 0 Å². The Bertz CT molecular complexity index is 127. The summed E-state index contributed by atoms with van der Waals surface area (Å²) in [7, 11) is 0. The fraction of sp³-hybridized carbons (Fsp3) is 0.833. The smallest absolute Gasteiger partial charge is 0.0669 e. The Morgan fingerprint density at radius 1 is 1.78 bits per heavy atom. The van der Waals surface area contributed by atoms with Crippen molar-refractivity contribution in [2.45, 2.75) is 12.5 Å². The summed E-state index contributed by atoms with van der Waals surface area (Å²) in [4.78, 5) is 0. The second-order valence-corrected chi connectivity index (χ2v) is 2.40. The van der Waals surface area contributed by atoms with Crippen LogP contribution in [0.2, 0.25) is 0 Å². The zero-order valence-corrected chi connectivity index (χ0v) is 5.30. The topological polar surface area (TPSA) is 61.8 Å². The molecule has 50 valence electrons. The Labute approximate surface area is 54.8 Å². The van der Waals surface area contributed by atoms with Gasteiger partial charge in [-0.2, -0.15) is 5.26 Å². The molecule has 1 fully saturated rings. The van der Waals surface area contributed by atoms with Crippen molar-refractivity contribution in [1.29, 1.82) is 5.26 Å². The molecule has 1 rings (SSSR count). The van der Waals surface area contributed by atoms with Crippen molar-refractivity contribution >= 4 is 0 Å². The molecule has 1 heterocycles. The molecular formula is C6H11N3. The number of nitrogens with two attached hydrogens (primary N) is 1. The highest BCUT2D eigenvalue weighted by Crippen LogP contribution is 2.10. The van der Waals surface area contributed by atoms with Gasteiger partial charge in [-0.05, 0) is 6.42 Å². The van der Waals surface area contributed by atoms with Crippen LogP contribution >= 0.6 is 0 Å². The lowest BCUT2D eigenvalue weighted by atomic mass is 10.1. The lowest BCUT2D eigenvalue weighted by molar-refractivity contribution is 0.609. The summed E-state index contributed by atoms with van der Waals surface area (Å²) < 4.78 is 0. The zero-order valence-electron chi connectivity index (χ0n) is 5.30. The Balaban J connectivity index is 2.31. The number of hydrogen-bond donors (Lipinski definition) is 2. The molecule has 3 heteroatoms. The fourth-order valence-corrected chi connectivity index (χ4v) is 1.10. The van der Waals surface area contributed by atoms with Gasteiger partial charge in [0, 0.05) is 19.1 Å². The summed E-state index contributed by atoms with van der Waals surface area (Å²) in [6, 6.07) is 2.59. The Kier molecular flexibility index (Phi) is 2.04. The largest absolute Gasteiger partial charge is 0.329 e. The zero-order chi connectivity index (χ0) is 6.69. The van der Waals surface area contributed by atoms with Gasteiger partial charge in [0.05, 0.1) is 12.0 Å². The summed E-state index contributed by atoms with van der Waals surface area (Å²) >= 11 is 0. The maximum Gasteiger partial charge on any atom is 0.0669 e. The van der Waals surface area contributed by atoms with Crippen LogP contribution < -0.4 is 11.1 Å². The molecule has 1 aliphatic rings. The van der Waals surface area contributed by atoms with Crippen LogP contribution in [0.5, 0.6) is 0 Å². The third-order valence-corrected chi connectivity index (χ3v) is 1.69. The molecule has 0 radical (unpaired) electrons. The van der Waals surface area contributed by atoms with Crippen LogP contribution in [-0.2, 0) is 0 Å². The second kappa shape index (κ2) is 2.81. The monoisotopic (exact) mass is 125 g/mol. The highest BCUT2D eigenvalue weighted by Gasteiger charge is 2.21. The predicted molar refractivity (Wildman–Crippen MR) is 34.6 cm³/mol. The molecular weight excluding hydrogens is 114 g/mol. The minimum absolute atomic E-state index is 0.193. The number of nitrogens with zero attached hydrogens (tertiary/aromatic N) is 1. The van der Waals surface area contributed by atoms with Crippen LogP contribution in [0.3, 0.4) is 0 Å². The van der Waals surface area contributed by atoms with Crippen molar-refractivity contribution in [3.63, 3.8) is 0 Å². The predicted octanol–water partition coefficient (Wildman–Crippen LogP) is -0.553. The van der Waals surface area contributed by atoms with Crippen LogP contribution in [0.1, 0.15) is 6.42 Å². The first-order valence-corrected chi connectivity index (χ1v) is 3.20. The highest BCUT2D eigenvalue weighted by molar-refractivity contribution is 4.93. The van der Waals surface area contributed by atoms with Crippen molar-refractivity contribution in [2.24, 2.45) is 11.7 Å². The second-order valence-electron chi connectivity index (χ2n) is 2.40. The number of rotatable bonds is 1. The van der Waals surface area contributed by atoms with Gasteiger partial charge in [-0.3, -0.25) is 0 Å². The molecule has 9 heavy (non-hydrogen) atoms. The van der Waals surface area contributed by atoms with Crippen molar-refractivity contribution in [1.82, 2.24) is 5.32 Å². The van der Waals surface area contributed by atoms with Gasteiger partial charge in [0.15, 0.2) is 0 Å². The van der Waals surface area contributed by atoms with E-state index >= 15 is 0 Å². The lowest BCUT2D eigenvalue weighted by Gasteiger charge is -2.02. The summed E-state index contributed by atoms with van der Waals surface area (Å²) in [6.45, 7) is 1.47. The number of nitriles is 1. The quantitative estimate of drug-likeness (QED) is 0.494. The van der Waals surface area contributed by atoms with Gasteiger partial charge in [0.2, 0.25) is 0 Å². The molecule has 0 unspecified atom stereocenters. The Morgan fingerprint density at radius 2 is 2.56 bits per heavy atom. The molecule has 0 spiro atoms. The van der Waals surface area contributed by atoms with Crippen molar-refractivity contribution < 1.29 is 0 Å². The molecule has 0 aromatic carbocycles. The van der Waals surface area contributed by atoms with Crippen LogP contribution in [0.15, 0.2) is 0 Å². The van der Waals surface area contributed by atoms with Crippen LogP contribution in [-0.4, -0.2) is 19.1 Å². The molecule has 1 aliphatic heterocycles. The van der Waals surface area contributed by atoms with E-state index < -0.39 is 0 Å². The molecule has 0 saturated carbocycles. The maximum atomic E-state index is 8.45. The van der Waals surface area contributed by atoms with E-state index in [-0.39, 0.29) is 5.92 Å².